The molecule has 2 rings (SSSR count). The highest BCUT2D eigenvalue weighted by molar-refractivity contribution is 5.94. The third-order valence-corrected chi connectivity index (χ3v) is 5.04. The molecule has 15 heavy (non-hydrogen) atoms. The summed E-state index contributed by atoms with van der Waals surface area (Å²) in [7, 11) is 0. The molecular formula is C14H20O. The molecule has 0 aromatic carbocycles. The summed E-state index contributed by atoms with van der Waals surface area (Å²) in [6, 6.07) is 0. The van der Waals surface area contributed by atoms with Gasteiger partial charge in [-0.25, -0.2) is 0 Å². The topological polar surface area (TPSA) is 17.1 Å². The van der Waals surface area contributed by atoms with Gasteiger partial charge in [0, 0.05) is 6.42 Å². The summed E-state index contributed by atoms with van der Waals surface area (Å²) in [5.74, 6) is 0.769. The molecule has 0 N–H and O–H groups in total. The molecule has 82 valence electrons. The molecule has 0 aliphatic heterocycles. The van der Waals surface area contributed by atoms with Crippen molar-refractivity contribution in [3.8, 4) is 0 Å². The minimum absolute atomic E-state index is 0.180. The molecule has 0 aromatic rings. The van der Waals surface area contributed by atoms with Crippen LogP contribution < -0.4 is 0 Å². The first-order valence-corrected chi connectivity index (χ1v) is 5.73. The van der Waals surface area contributed by atoms with E-state index in [0.29, 0.717) is 12.3 Å². The Labute approximate surface area is 92.3 Å². The van der Waals surface area contributed by atoms with Crippen LogP contribution in [0.25, 0.3) is 0 Å². The number of hydrogen-bond donors (Lipinski definition) is 0. The fraction of sp³-hybridized carbons (Fsp3) is 0.643. The van der Waals surface area contributed by atoms with Crippen LogP contribution in [0.5, 0.6) is 0 Å². The summed E-state index contributed by atoms with van der Waals surface area (Å²) in [4.78, 5) is 11.5. The van der Waals surface area contributed by atoms with Crippen LogP contribution in [0.1, 0.15) is 41.0 Å². The molecule has 0 fully saturated rings. The molecule has 2 aliphatic rings. The van der Waals surface area contributed by atoms with E-state index in [0.717, 1.165) is 0 Å². The fourth-order valence-electron chi connectivity index (χ4n) is 2.95. The quantitative estimate of drug-likeness (QED) is 0.590. The summed E-state index contributed by atoms with van der Waals surface area (Å²) in [6.45, 7) is 11.5. The predicted octanol–water partition coefficient (Wildman–Crippen LogP) is 3.51. The molecule has 0 aromatic heterocycles. The Morgan fingerprint density at radius 2 is 1.80 bits per heavy atom. The van der Waals surface area contributed by atoms with Gasteiger partial charge in [0.05, 0.1) is 0 Å². The lowest BCUT2D eigenvalue weighted by Crippen LogP contribution is -2.33. The summed E-state index contributed by atoms with van der Waals surface area (Å²) in [5.41, 5.74) is 3.20. The maximum Gasteiger partial charge on any atom is 0.159 e. The molecule has 0 heterocycles. The van der Waals surface area contributed by atoms with Crippen molar-refractivity contribution >= 4 is 5.78 Å². The van der Waals surface area contributed by atoms with Gasteiger partial charge in [0.2, 0.25) is 0 Å². The summed E-state index contributed by atoms with van der Waals surface area (Å²) >= 11 is 0. The van der Waals surface area contributed by atoms with Crippen molar-refractivity contribution in [3.05, 3.63) is 23.3 Å². The third kappa shape index (κ3) is 1.18. The van der Waals surface area contributed by atoms with Crippen molar-refractivity contribution in [2.45, 2.75) is 41.0 Å². The van der Waals surface area contributed by atoms with Crippen molar-refractivity contribution in [1.82, 2.24) is 0 Å². The maximum absolute atomic E-state index is 11.5. The van der Waals surface area contributed by atoms with E-state index in [9.17, 15) is 4.79 Å². The van der Waals surface area contributed by atoms with Crippen molar-refractivity contribution in [1.29, 1.82) is 0 Å². The molecular weight excluding hydrogens is 184 g/mol. The fourth-order valence-corrected chi connectivity index (χ4v) is 2.95. The van der Waals surface area contributed by atoms with E-state index in [-0.39, 0.29) is 16.6 Å². The molecule has 1 atom stereocenters. The van der Waals surface area contributed by atoms with Crippen LogP contribution in [-0.4, -0.2) is 5.78 Å². The second kappa shape index (κ2) is 2.84. The lowest BCUT2D eigenvalue weighted by Gasteiger charge is -2.40. The van der Waals surface area contributed by atoms with Crippen LogP contribution in [0, 0.1) is 16.7 Å². The van der Waals surface area contributed by atoms with Crippen LogP contribution in [0.15, 0.2) is 23.3 Å². The van der Waals surface area contributed by atoms with Gasteiger partial charge in [-0.3, -0.25) is 4.79 Å². The van der Waals surface area contributed by atoms with E-state index in [1.807, 2.05) is 6.08 Å². The van der Waals surface area contributed by atoms with Crippen LogP contribution in [0.4, 0.5) is 0 Å². The Morgan fingerprint density at radius 1 is 1.20 bits per heavy atom. The van der Waals surface area contributed by atoms with Crippen molar-refractivity contribution < 1.29 is 4.79 Å². The smallest absolute Gasteiger partial charge is 0.159 e. The Bertz CT molecular complexity index is 380. The molecule has 0 saturated carbocycles. The number of carbonyl (C=O) groups excluding carboxylic acids is 1. The van der Waals surface area contributed by atoms with Crippen molar-refractivity contribution in [2.75, 3.05) is 0 Å². The van der Waals surface area contributed by atoms with E-state index < -0.39 is 0 Å². The molecule has 0 bridgehead atoms. The molecule has 0 saturated heterocycles. The highest BCUT2D eigenvalue weighted by Crippen LogP contribution is 2.60. The largest absolute Gasteiger partial charge is 0.294 e. The van der Waals surface area contributed by atoms with Gasteiger partial charge in [0.1, 0.15) is 0 Å². The van der Waals surface area contributed by atoms with Gasteiger partial charge in [0.15, 0.2) is 5.78 Å². The van der Waals surface area contributed by atoms with Gasteiger partial charge in [-0.2, -0.15) is 0 Å². The Kier molecular flexibility index (Phi) is 2.02. The molecule has 1 heteroatoms. The van der Waals surface area contributed by atoms with Gasteiger partial charge >= 0.3 is 0 Å². The zero-order valence-corrected chi connectivity index (χ0v) is 10.3. The Balaban J connectivity index is 2.54. The molecule has 0 amide bonds. The number of hydrogen-bond acceptors (Lipinski definition) is 1. The molecule has 1 nitrogen and oxygen atoms in total. The first-order valence-electron chi connectivity index (χ1n) is 5.73. The Hall–Kier alpha value is -0.850. The van der Waals surface area contributed by atoms with Gasteiger partial charge < -0.3 is 0 Å². The Morgan fingerprint density at radius 3 is 2.40 bits per heavy atom. The van der Waals surface area contributed by atoms with Crippen molar-refractivity contribution in [2.24, 2.45) is 16.7 Å². The van der Waals surface area contributed by atoms with Crippen molar-refractivity contribution in [3.63, 3.8) is 0 Å². The van der Waals surface area contributed by atoms with E-state index >= 15 is 0 Å². The second-order valence-corrected chi connectivity index (χ2v) is 5.98. The molecule has 2 aliphatic carbocycles. The number of ketones is 1. The average molecular weight is 204 g/mol. The van der Waals surface area contributed by atoms with E-state index in [1.54, 1.807) is 6.08 Å². The van der Waals surface area contributed by atoms with Gasteiger partial charge in [-0.05, 0) is 28.4 Å². The standard InChI is InChI=1S/C14H20O/c1-9-11-8-10(15)6-7-12(11)14(4,5)13(9,2)3/h6-7,9H,8H2,1-5H3. The lowest BCUT2D eigenvalue weighted by molar-refractivity contribution is -0.114. The highest BCUT2D eigenvalue weighted by Gasteiger charge is 2.51. The van der Waals surface area contributed by atoms with Gasteiger partial charge in [0.25, 0.3) is 0 Å². The van der Waals surface area contributed by atoms with E-state index in [4.69, 9.17) is 0 Å². The maximum atomic E-state index is 11.5. The van der Waals surface area contributed by atoms with Crippen LogP contribution in [0.3, 0.4) is 0 Å². The summed E-state index contributed by atoms with van der Waals surface area (Å²) < 4.78 is 0. The lowest BCUT2D eigenvalue weighted by atomic mass is 9.64. The minimum Gasteiger partial charge on any atom is -0.294 e. The zero-order chi connectivity index (χ0) is 11.4. The van der Waals surface area contributed by atoms with E-state index in [2.05, 4.69) is 34.6 Å². The molecule has 0 radical (unpaired) electrons. The van der Waals surface area contributed by atoms with E-state index in [1.165, 1.54) is 11.1 Å². The normalized spacial score (nSPS) is 32.1. The van der Waals surface area contributed by atoms with Gasteiger partial charge in [-0.1, -0.05) is 46.3 Å². The number of rotatable bonds is 0. The molecule has 0 spiro atoms. The SMILES string of the molecule is CC1C2=C(C=CC(=O)C2)C(C)(C)C1(C)C. The van der Waals surface area contributed by atoms with Crippen LogP contribution in [0.2, 0.25) is 0 Å². The highest BCUT2D eigenvalue weighted by atomic mass is 16.1. The third-order valence-electron chi connectivity index (χ3n) is 5.04. The first kappa shape index (κ1) is 10.7. The zero-order valence-electron chi connectivity index (χ0n) is 10.3. The average Bonchev–Trinajstić information content (AvgIpc) is 2.26. The van der Waals surface area contributed by atoms with Crippen LogP contribution in [-0.2, 0) is 4.79 Å². The van der Waals surface area contributed by atoms with Gasteiger partial charge in [-0.15, -0.1) is 0 Å². The first-order chi connectivity index (χ1) is 6.78. The summed E-state index contributed by atoms with van der Waals surface area (Å²) in [6.07, 6.45) is 4.43. The molecule has 1 unspecified atom stereocenters. The minimum atomic E-state index is 0.180. The predicted molar refractivity (Wildman–Crippen MR) is 62.5 cm³/mol. The number of carbonyl (C=O) groups is 1. The number of allylic oxidation sites excluding steroid dienone is 4. The second-order valence-electron chi connectivity index (χ2n) is 5.98. The van der Waals surface area contributed by atoms with Crippen LogP contribution >= 0.6 is 0 Å². The monoisotopic (exact) mass is 204 g/mol. The summed E-state index contributed by atoms with van der Waals surface area (Å²) in [5, 5.41) is 0.